The van der Waals surface area contributed by atoms with Gasteiger partial charge in [0.05, 0.1) is 10.1 Å². The van der Waals surface area contributed by atoms with Crippen LogP contribution in [0, 0.1) is 0 Å². The quantitative estimate of drug-likeness (QED) is 0.577. The Balaban J connectivity index is 1.47. The summed E-state index contributed by atoms with van der Waals surface area (Å²) < 4.78 is 2.15. The van der Waals surface area contributed by atoms with Crippen LogP contribution < -0.4 is 11.1 Å². The molecule has 1 fully saturated rings. The summed E-state index contributed by atoms with van der Waals surface area (Å²) in [7, 11) is 0. The van der Waals surface area contributed by atoms with Crippen LogP contribution >= 0.6 is 23.1 Å². The average Bonchev–Trinajstić information content (AvgIpc) is 3.20. The first-order valence-corrected chi connectivity index (χ1v) is 10.6. The number of benzene rings is 1. The summed E-state index contributed by atoms with van der Waals surface area (Å²) in [5.74, 6) is 0.234. The van der Waals surface area contributed by atoms with Crippen molar-refractivity contribution < 1.29 is 9.59 Å². The number of anilines is 1. The van der Waals surface area contributed by atoms with E-state index in [9.17, 15) is 9.59 Å². The molecule has 2 amide bonds. The zero-order chi connectivity index (χ0) is 19.7. The van der Waals surface area contributed by atoms with Crippen molar-refractivity contribution in [1.82, 2.24) is 14.8 Å². The van der Waals surface area contributed by atoms with Crippen LogP contribution in [0.3, 0.4) is 0 Å². The van der Waals surface area contributed by atoms with Crippen molar-refractivity contribution in [3.8, 4) is 10.7 Å². The topological polar surface area (TPSA) is 103 Å². The number of primary amides is 1. The number of nitrogens with one attached hydrogen (secondary N) is 1. The maximum Gasteiger partial charge on any atom is 0.248 e. The van der Waals surface area contributed by atoms with E-state index in [1.165, 1.54) is 11.8 Å². The number of nitrogens with zero attached hydrogens (tertiary/aromatic N) is 3. The Labute approximate surface area is 170 Å². The number of carbonyl (C=O) groups is 2. The zero-order valence-electron chi connectivity index (χ0n) is 15.2. The highest BCUT2D eigenvalue weighted by molar-refractivity contribution is 8.00. The molecule has 1 saturated carbocycles. The van der Waals surface area contributed by atoms with Gasteiger partial charge in [-0.3, -0.25) is 14.2 Å². The number of carbonyl (C=O) groups excluding carboxylic acids is 2. The second kappa shape index (κ2) is 7.76. The van der Waals surface area contributed by atoms with E-state index >= 15 is 0 Å². The Morgan fingerprint density at radius 1 is 1.25 bits per heavy atom. The first-order chi connectivity index (χ1) is 13.5. The van der Waals surface area contributed by atoms with E-state index in [-0.39, 0.29) is 11.2 Å². The van der Waals surface area contributed by atoms with Crippen LogP contribution in [0.1, 0.15) is 36.2 Å². The van der Waals surface area contributed by atoms with Crippen molar-refractivity contribution in [2.24, 2.45) is 5.73 Å². The lowest BCUT2D eigenvalue weighted by atomic mass is 10.2. The number of rotatable bonds is 7. The summed E-state index contributed by atoms with van der Waals surface area (Å²) in [6, 6.07) is 10.9. The highest BCUT2D eigenvalue weighted by Crippen LogP contribution is 2.42. The van der Waals surface area contributed by atoms with Gasteiger partial charge in [0.15, 0.2) is 11.0 Å². The molecule has 4 rings (SSSR count). The van der Waals surface area contributed by atoms with Crippen LogP contribution in [-0.4, -0.2) is 31.8 Å². The van der Waals surface area contributed by atoms with Gasteiger partial charge in [-0.05, 0) is 55.5 Å². The largest absolute Gasteiger partial charge is 0.366 e. The van der Waals surface area contributed by atoms with Crippen molar-refractivity contribution in [3.05, 3.63) is 47.3 Å². The third-order valence-electron chi connectivity index (χ3n) is 4.41. The molecule has 7 nitrogen and oxygen atoms in total. The van der Waals surface area contributed by atoms with Crippen molar-refractivity contribution in [2.45, 2.75) is 36.2 Å². The van der Waals surface area contributed by atoms with E-state index in [0.717, 1.165) is 28.7 Å². The molecule has 1 atom stereocenters. The lowest BCUT2D eigenvalue weighted by Gasteiger charge is -2.13. The van der Waals surface area contributed by atoms with Gasteiger partial charge in [-0.25, -0.2) is 0 Å². The Hall–Kier alpha value is -2.65. The number of thioether (sulfide) groups is 1. The van der Waals surface area contributed by atoms with Crippen LogP contribution in [0.15, 0.2) is 46.9 Å². The molecule has 0 unspecified atom stereocenters. The van der Waals surface area contributed by atoms with Gasteiger partial charge in [-0.15, -0.1) is 21.5 Å². The summed E-state index contributed by atoms with van der Waals surface area (Å²) in [6.07, 6.45) is 2.22. The summed E-state index contributed by atoms with van der Waals surface area (Å²) in [4.78, 5) is 24.8. The van der Waals surface area contributed by atoms with E-state index in [1.807, 2.05) is 24.4 Å². The molecule has 0 aliphatic heterocycles. The Bertz CT molecular complexity index is 994. The Kier molecular flexibility index (Phi) is 5.19. The molecule has 3 N–H and O–H groups in total. The van der Waals surface area contributed by atoms with Gasteiger partial charge in [-0.1, -0.05) is 17.8 Å². The number of hydrogen-bond acceptors (Lipinski definition) is 6. The Morgan fingerprint density at radius 3 is 2.61 bits per heavy atom. The molecule has 0 radical (unpaired) electrons. The lowest BCUT2D eigenvalue weighted by Crippen LogP contribution is -2.23. The van der Waals surface area contributed by atoms with Gasteiger partial charge in [0, 0.05) is 17.3 Å². The van der Waals surface area contributed by atoms with E-state index in [2.05, 4.69) is 20.1 Å². The first-order valence-electron chi connectivity index (χ1n) is 8.89. The van der Waals surface area contributed by atoms with Crippen LogP contribution in [0.25, 0.3) is 10.7 Å². The molecule has 0 saturated heterocycles. The molecule has 28 heavy (non-hydrogen) atoms. The summed E-state index contributed by atoms with van der Waals surface area (Å²) in [5.41, 5.74) is 6.25. The third-order valence-corrected chi connectivity index (χ3v) is 6.33. The third kappa shape index (κ3) is 3.95. The molecule has 1 aliphatic rings. The molecule has 2 heterocycles. The number of amides is 2. The van der Waals surface area contributed by atoms with E-state index in [1.54, 1.807) is 35.6 Å². The molecule has 0 bridgehead atoms. The maximum atomic E-state index is 12.6. The second-order valence-corrected chi connectivity index (χ2v) is 8.83. The molecular weight excluding hydrogens is 394 g/mol. The fraction of sp³-hybridized carbons (Fsp3) is 0.263. The molecule has 2 aromatic heterocycles. The average molecular weight is 414 g/mol. The van der Waals surface area contributed by atoms with Gasteiger partial charge in [0.2, 0.25) is 11.8 Å². The minimum atomic E-state index is -0.497. The van der Waals surface area contributed by atoms with Gasteiger partial charge in [0.25, 0.3) is 0 Å². The highest BCUT2D eigenvalue weighted by Gasteiger charge is 2.31. The van der Waals surface area contributed by atoms with E-state index in [0.29, 0.717) is 17.3 Å². The number of thiophene rings is 1. The van der Waals surface area contributed by atoms with Gasteiger partial charge in [-0.2, -0.15) is 0 Å². The number of nitrogens with two attached hydrogens (primary N) is 1. The zero-order valence-corrected chi connectivity index (χ0v) is 16.8. The predicted molar refractivity (Wildman–Crippen MR) is 111 cm³/mol. The minimum absolute atomic E-state index is 0.139. The summed E-state index contributed by atoms with van der Waals surface area (Å²) in [5, 5.41) is 14.0. The number of aromatic nitrogens is 3. The fourth-order valence-corrected chi connectivity index (χ4v) is 4.39. The van der Waals surface area contributed by atoms with Crippen molar-refractivity contribution in [2.75, 3.05) is 5.32 Å². The molecule has 9 heteroatoms. The summed E-state index contributed by atoms with van der Waals surface area (Å²) >= 11 is 3.03. The van der Waals surface area contributed by atoms with Gasteiger partial charge < -0.3 is 11.1 Å². The van der Waals surface area contributed by atoms with Gasteiger partial charge in [0.1, 0.15) is 0 Å². The molecule has 0 spiro atoms. The lowest BCUT2D eigenvalue weighted by molar-refractivity contribution is -0.115. The smallest absolute Gasteiger partial charge is 0.248 e. The van der Waals surface area contributed by atoms with Crippen LogP contribution in [-0.2, 0) is 4.79 Å². The number of hydrogen-bond donors (Lipinski definition) is 2. The highest BCUT2D eigenvalue weighted by atomic mass is 32.2. The van der Waals surface area contributed by atoms with Crippen molar-refractivity contribution in [1.29, 1.82) is 0 Å². The van der Waals surface area contributed by atoms with Crippen molar-refractivity contribution >= 4 is 40.6 Å². The molecule has 1 aromatic carbocycles. The normalized spacial score (nSPS) is 14.6. The maximum absolute atomic E-state index is 12.6. The van der Waals surface area contributed by atoms with Gasteiger partial charge >= 0.3 is 0 Å². The molecule has 3 aromatic rings. The SMILES string of the molecule is C[C@@H](Sc1nnc(-c2cccs2)n1C1CC1)C(=O)Nc1ccc(C(N)=O)cc1. The van der Waals surface area contributed by atoms with Crippen LogP contribution in [0.5, 0.6) is 0 Å². The molecule has 144 valence electrons. The first kappa shape index (κ1) is 18.7. The monoisotopic (exact) mass is 413 g/mol. The van der Waals surface area contributed by atoms with E-state index in [4.69, 9.17) is 5.73 Å². The minimum Gasteiger partial charge on any atom is -0.366 e. The molecule has 1 aliphatic carbocycles. The summed E-state index contributed by atoms with van der Waals surface area (Å²) in [6.45, 7) is 1.84. The fourth-order valence-electron chi connectivity index (χ4n) is 2.77. The molecular formula is C19H19N5O2S2. The van der Waals surface area contributed by atoms with Crippen molar-refractivity contribution in [3.63, 3.8) is 0 Å². The predicted octanol–water partition coefficient (Wildman–Crippen LogP) is 3.56. The van der Waals surface area contributed by atoms with Crippen LogP contribution in [0.4, 0.5) is 5.69 Å². The van der Waals surface area contributed by atoms with E-state index < -0.39 is 5.91 Å². The standard InChI is InChI=1S/C19H19N5O2S2/c1-11(18(26)21-13-6-4-12(5-7-13)16(20)25)28-19-23-22-17(15-3-2-10-27-15)24(19)14-8-9-14/h2-7,10-11,14H,8-9H2,1H3,(H2,20,25)(H,21,26)/t11-/m1/s1. The van der Waals surface area contributed by atoms with Crippen LogP contribution in [0.2, 0.25) is 0 Å². The second-order valence-electron chi connectivity index (χ2n) is 6.58. The Morgan fingerprint density at radius 2 is 2.00 bits per heavy atom.